The molecule has 1 aromatic heterocycles. The topological polar surface area (TPSA) is 359 Å². The summed E-state index contributed by atoms with van der Waals surface area (Å²) in [6.45, 7) is 13.0. The number of ether oxygens (including phenoxy) is 10. The third kappa shape index (κ3) is 23.9. The van der Waals surface area contributed by atoms with Crippen molar-refractivity contribution >= 4 is 99.4 Å². The van der Waals surface area contributed by atoms with Gasteiger partial charge >= 0.3 is 24.2 Å². The number of esters is 1. The molecule has 1 saturated heterocycles. The van der Waals surface area contributed by atoms with Crippen molar-refractivity contribution < 1.29 is 100 Å². The van der Waals surface area contributed by atoms with E-state index in [4.69, 9.17) is 64.7 Å². The van der Waals surface area contributed by atoms with Gasteiger partial charge in [-0.05, 0) is 67.0 Å². The molecule has 1 fully saturated rings. The van der Waals surface area contributed by atoms with Gasteiger partial charge in [-0.1, -0.05) is 57.5 Å². The van der Waals surface area contributed by atoms with Crippen LogP contribution in [0.5, 0.6) is 23.0 Å². The van der Waals surface area contributed by atoms with E-state index in [1.807, 2.05) is 45.0 Å². The first-order chi connectivity index (χ1) is 49.8. The number of aromatic nitrogens is 1. The molecule has 2 aliphatic heterocycles. The number of hydrogen-bond acceptors (Lipinski definition) is 21. The number of aromatic amines is 1. The monoisotopic (exact) mass is 1470 g/mol. The van der Waals surface area contributed by atoms with Crippen LogP contribution in [0.4, 0.5) is 20.1 Å². The Labute approximate surface area is 611 Å². The number of methoxy groups -OCH3 is 4. The highest BCUT2D eigenvalue weighted by molar-refractivity contribution is 6.20. The first-order valence-corrected chi connectivity index (χ1v) is 35.4. The first-order valence-electron chi connectivity index (χ1n) is 34.9. The summed E-state index contributed by atoms with van der Waals surface area (Å²) >= 11 is 6.52. The largest absolute Gasteiger partial charge is 0.493 e. The Morgan fingerprint density at radius 2 is 1.41 bits per heavy atom. The predicted molar refractivity (Wildman–Crippen MR) is 385 cm³/mol. The number of likely N-dealkylation sites (tertiary alicyclic amines) is 1. The van der Waals surface area contributed by atoms with Crippen molar-refractivity contribution in [1.29, 1.82) is 0 Å². The molecule has 0 bridgehead atoms. The number of nitrogens with one attached hydrogen (secondary N) is 3. The van der Waals surface area contributed by atoms with Crippen molar-refractivity contribution in [2.24, 2.45) is 23.5 Å². The number of fused-ring (bicyclic) bond motifs is 4. The lowest BCUT2D eigenvalue weighted by Crippen LogP contribution is -2.45. The molecule has 3 heterocycles. The molecule has 29 nitrogen and oxygen atoms in total. The van der Waals surface area contributed by atoms with Crippen molar-refractivity contribution in [3.63, 3.8) is 0 Å². The number of Topliss-reactive ketones (excluding diaryl/α,β-unsaturated/α-hetero) is 3. The summed E-state index contributed by atoms with van der Waals surface area (Å²) in [5, 5.41) is 5.82. The molecule has 1 aliphatic carbocycles. The zero-order chi connectivity index (χ0) is 76.2. The quantitative estimate of drug-likeness (QED) is 0.0141. The fourth-order valence-corrected chi connectivity index (χ4v) is 12.2. The van der Waals surface area contributed by atoms with E-state index in [-0.39, 0.29) is 154 Å². The molecular weight excluding hydrogens is 1370 g/mol. The van der Waals surface area contributed by atoms with E-state index in [0.717, 1.165) is 27.8 Å². The van der Waals surface area contributed by atoms with Crippen LogP contribution < -0.4 is 40.2 Å². The number of halogens is 1. The van der Waals surface area contributed by atoms with Gasteiger partial charge in [0.2, 0.25) is 23.5 Å². The SMILES string of the molecule is CCC(=O)[C@H](CCCNC(N)=O)NC(=O)[C@@H](CC(=O)CCOCCOCCOCCOCCCC(=O)CCN1C(=O)CC(C)C1=O)C(C)C.COC(=O)c1cc2c3c(cc(OC(=O)N(C)CCN(C)C(=O)OCc4ccc(C)cc4)c2[nH]1)N(C(=O)C1=Cc2cc(OC)c(OC)c(OC)c2C1)C[C@H]3CCl. The number of amides is 8. The first kappa shape index (κ1) is 83.8. The van der Waals surface area contributed by atoms with Gasteiger partial charge < -0.3 is 83.4 Å². The Balaban J connectivity index is 0.000000329. The summed E-state index contributed by atoms with van der Waals surface area (Å²) in [5.41, 5.74) is 10.8. The number of aryl methyl sites for hydroxylation is 1. The fourth-order valence-electron chi connectivity index (χ4n) is 11.9. The highest BCUT2D eigenvalue weighted by Crippen LogP contribution is 2.49. The molecule has 30 heteroatoms. The smallest absolute Gasteiger partial charge is 0.415 e. The second-order valence-corrected chi connectivity index (χ2v) is 26.1. The number of H-pyrrole nitrogens is 1. The normalized spacial score (nSPS) is 14.9. The van der Waals surface area contributed by atoms with Gasteiger partial charge in [-0.3, -0.25) is 38.5 Å². The van der Waals surface area contributed by atoms with E-state index in [9.17, 15) is 52.7 Å². The van der Waals surface area contributed by atoms with Gasteiger partial charge in [0.05, 0.1) is 91.9 Å². The van der Waals surface area contributed by atoms with E-state index < -0.39 is 36.1 Å². The van der Waals surface area contributed by atoms with E-state index in [2.05, 4.69) is 15.6 Å². The van der Waals surface area contributed by atoms with Crippen LogP contribution in [0, 0.1) is 24.7 Å². The zero-order valence-electron chi connectivity index (χ0n) is 61.5. The van der Waals surface area contributed by atoms with Crippen molar-refractivity contribution in [3.05, 3.63) is 81.5 Å². The molecule has 3 aromatic carbocycles. The molecule has 8 amide bonds. The van der Waals surface area contributed by atoms with E-state index in [0.29, 0.717) is 118 Å². The van der Waals surface area contributed by atoms with Gasteiger partial charge in [-0.2, -0.15) is 0 Å². The van der Waals surface area contributed by atoms with Gasteiger partial charge in [0.15, 0.2) is 23.0 Å². The molecule has 1 unspecified atom stereocenters. The Kier molecular flexibility index (Phi) is 33.8. The summed E-state index contributed by atoms with van der Waals surface area (Å²) < 4.78 is 55.0. The molecule has 0 saturated carbocycles. The maximum atomic E-state index is 14.4. The molecule has 4 atom stereocenters. The molecule has 5 N–H and O–H groups in total. The minimum atomic E-state index is -0.731. The van der Waals surface area contributed by atoms with Crippen LogP contribution in [0.25, 0.3) is 17.0 Å². The van der Waals surface area contributed by atoms with Crippen molar-refractivity contribution in [2.45, 2.75) is 117 Å². The van der Waals surface area contributed by atoms with E-state index in [1.54, 1.807) is 50.1 Å². The second kappa shape index (κ2) is 42.0. The number of nitrogens with zero attached hydrogens (tertiary/aromatic N) is 4. The lowest BCUT2D eigenvalue weighted by atomic mass is 9.88. The van der Waals surface area contributed by atoms with Crippen molar-refractivity contribution in [2.75, 3.05) is 139 Å². The number of primary amides is 1. The van der Waals surface area contributed by atoms with Crippen LogP contribution in [-0.4, -0.2) is 225 Å². The number of ketones is 3. The summed E-state index contributed by atoms with van der Waals surface area (Å²) in [7, 11) is 8.96. The van der Waals surface area contributed by atoms with Gasteiger partial charge in [0, 0.05) is 145 Å². The third-order valence-electron chi connectivity index (χ3n) is 17.9. The lowest BCUT2D eigenvalue weighted by molar-refractivity contribution is -0.139. The summed E-state index contributed by atoms with van der Waals surface area (Å²) in [6, 6.07) is 11.3. The number of carbonyl (C=O) groups excluding carboxylic acids is 11. The van der Waals surface area contributed by atoms with Gasteiger partial charge in [-0.25, -0.2) is 19.2 Å². The highest BCUT2D eigenvalue weighted by atomic mass is 35.5. The second-order valence-electron chi connectivity index (χ2n) is 25.8. The number of rotatable bonds is 42. The number of hydrogen-bond donors (Lipinski definition) is 4. The maximum Gasteiger partial charge on any atom is 0.415 e. The van der Waals surface area contributed by atoms with E-state index in [1.165, 1.54) is 50.2 Å². The average Bonchev–Trinajstić information content (AvgIpc) is 1.58. The summed E-state index contributed by atoms with van der Waals surface area (Å²) in [5.74, 6) is -1.56. The predicted octanol–water partition coefficient (Wildman–Crippen LogP) is 8.02. The van der Waals surface area contributed by atoms with Crippen LogP contribution in [0.3, 0.4) is 0 Å². The Bertz CT molecular complexity index is 3690. The van der Waals surface area contributed by atoms with Crippen LogP contribution in [0.1, 0.15) is 130 Å². The molecule has 570 valence electrons. The van der Waals surface area contributed by atoms with Crippen molar-refractivity contribution in [3.8, 4) is 23.0 Å². The molecule has 7 rings (SSSR count). The van der Waals surface area contributed by atoms with Crippen LogP contribution in [0.15, 0.2) is 48.0 Å². The third-order valence-corrected chi connectivity index (χ3v) is 18.3. The molecular formula is C74H101ClN8O21. The molecule has 0 radical (unpaired) electrons. The summed E-state index contributed by atoms with van der Waals surface area (Å²) in [4.78, 5) is 146. The Morgan fingerprint density at radius 3 is 2.00 bits per heavy atom. The lowest BCUT2D eigenvalue weighted by Gasteiger charge is -2.24. The minimum absolute atomic E-state index is 0.00576. The molecule has 3 aliphatic rings. The molecule has 104 heavy (non-hydrogen) atoms. The average molecular weight is 1470 g/mol. The Hall–Kier alpha value is -9.16. The number of alkyl halides is 1. The number of carbonyl (C=O) groups is 11. The summed E-state index contributed by atoms with van der Waals surface area (Å²) in [6.07, 6.45) is 3.35. The van der Waals surface area contributed by atoms with Gasteiger partial charge in [0.1, 0.15) is 23.9 Å². The number of anilines is 1. The molecule has 0 spiro atoms. The number of imide groups is 1. The van der Waals surface area contributed by atoms with Crippen LogP contribution >= 0.6 is 11.6 Å². The maximum absolute atomic E-state index is 14.4. The number of nitrogens with two attached hydrogens (primary N) is 1. The Morgan fingerprint density at radius 1 is 0.769 bits per heavy atom. The molecule has 4 aromatic rings. The van der Waals surface area contributed by atoms with Gasteiger partial charge in [-0.15, -0.1) is 11.6 Å². The minimum Gasteiger partial charge on any atom is -0.493 e. The van der Waals surface area contributed by atoms with Crippen molar-refractivity contribution in [1.82, 2.24) is 30.3 Å². The highest BCUT2D eigenvalue weighted by Gasteiger charge is 2.40. The van der Waals surface area contributed by atoms with Crippen LogP contribution in [0.2, 0.25) is 0 Å². The number of benzene rings is 3. The van der Waals surface area contributed by atoms with Crippen LogP contribution in [-0.2, 0) is 75.0 Å². The number of likely N-dealkylation sites (N-methyl/N-ethyl adjacent to an activating group) is 2. The fraction of sp³-hybridized carbons (Fsp3) is 0.554. The number of urea groups is 1. The van der Waals surface area contributed by atoms with Gasteiger partial charge in [0.25, 0.3) is 5.91 Å². The zero-order valence-corrected chi connectivity index (χ0v) is 62.3. The standard InChI is InChI=1S/C40H43ClN4O10.C34H58N4O11/c1-22-8-10-23(11-9-22)21-54-39(48)43(2)12-13-44(3)40(49)55-31-18-30-33(28-17-29(38(47)53-7)42-34(28)31)26(19-41)20-45(30)37(46)25-14-24-16-32(50-4)36(52-6)35(51-5)27(24)15-25;1-5-30(41)29(9-6-12-36-34(35)45)37-32(43)28(24(2)3)23-27(40)11-15-47-17-19-49-21-20-48-18-16-46-14-7-8-26(39)10-13-38-31(42)22-25(4)33(38)44/h8-11,14,16-18,26,42H,12-13,15,19-21H2,1-7H3;24-25,28-29H,5-23H2,1-4H3,(H,37,43)(H3,35,36,45)/t26-;25?,28-,29-/m10/s1. The van der Waals surface area contributed by atoms with E-state index >= 15 is 0 Å².